The Labute approximate surface area is 143 Å². The minimum absolute atomic E-state index is 0.135. The summed E-state index contributed by atoms with van der Waals surface area (Å²) < 4.78 is 5.37. The molecule has 0 radical (unpaired) electrons. The lowest BCUT2D eigenvalue weighted by Crippen LogP contribution is -2.21. The van der Waals surface area contributed by atoms with Crippen LogP contribution in [0.25, 0.3) is 0 Å². The molecule has 1 aromatic rings. The van der Waals surface area contributed by atoms with Gasteiger partial charge in [-0.2, -0.15) is 4.98 Å². The third kappa shape index (κ3) is 6.20. The third-order valence-electron chi connectivity index (χ3n) is 4.74. The van der Waals surface area contributed by atoms with Crippen molar-refractivity contribution in [1.82, 2.24) is 20.5 Å². The zero-order valence-electron chi connectivity index (χ0n) is 14.8. The molecule has 0 unspecified atom stereocenters. The smallest absolute Gasteiger partial charge is 0.244 e. The van der Waals surface area contributed by atoms with E-state index in [2.05, 4.69) is 10.1 Å². The largest absolute Gasteiger partial charge is 0.339 e. The van der Waals surface area contributed by atoms with Gasteiger partial charge in [0, 0.05) is 12.3 Å². The maximum Gasteiger partial charge on any atom is 0.244 e. The average molecular weight is 338 g/mol. The van der Waals surface area contributed by atoms with Crippen molar-refractivity contribution in [2.45, 2.75) is 70.3 Å². The Balaban J connectivity index is 1.90. The van der Waals surface area contributed by atoms with Crippen molar-refractivity contribution in [2.24, 2.45) is 5.92 Å². The van der Waals surface area contributed by atoms with Gasteiger partial charge in [-0.1, -0.05) is 50.1 Å². The van der Waals surface area contributed by atoms with E-state index in [1.54, 1.807) is 5.48 Å². The van der Waals surface area contributed by atoms with Crippen molar-refractivity contribution in [1.29, 1.82) is 0 Å². The van der Waals surface area contributed by atoms with E-state index >= 15 is 0 Å². The van der Waals surface area contributed by atoms with Gasteiger partial charge in [-0.15, -0.1) is 0 Å². The van der Waals surface area contributed by atoms with Gasteiger partial charge in [0.25, 0.3) is 0 Å². The number of hydrogen-bond acceptors (Lipinski definition) is 6. The summed E-state index contributed by atoms with van der Waals surface area (Å²) >= 11 is 0. The molecule has 0 saturated heterocycles. The summed E-state index contributed by atoms with van der Waals surface area (Å²) in [6.07, 6.45) is 9.95. The Hall–Kier alpha value is -1.47. The summed E-state index contributed by atoms with van der Waals surface area (Å²) in [5.41, 5.74) is 1.71. The van der Waals surface area contributed by atoms with Gasteiger partial charge in [-0.05, 0) is 26.4 Å². The molecule has 24 heavy (non-hydrogen) atoms. The molecule has 0 spiro atoms. The van der Waals surface area contributed by atoms with E-state index in [4.69, 9.17) is 9.73 Å². The summed E-state index contributed by atoms with van der Waals surface area (Å²) in [7, 11) is 3.88. The van der Waals surface area contributed by atoms with Crippen LogP contribution >= 0.6 is 0 Å². The van der Waals surface area contributed by atoms with Crippen LogP contribution in [0.1, 0.15) is 75.4 Å². The summed E-state index contributed by atoms with van der Waals surface area (Å²) in [6, 6.07) is 0. The standard InChI is InChI=1S/C17H30N4O3/c1-21(2)12-15-18-17(24-20-15)14(11-16(22)19-23)10-6-9-13-7-4-3-5-8-13/h13-14,23H,3-12H2,1-2H3,(H,19,22)/t14-/m0/s1. The van der Waals surface area contributed by atoms with Crippen molar-refractivity contribution in [3.8, 4) is 0 Å². The molecule has 136 valence electrons. The summed E-state index contributed by atoms with van der Waals surface area (Å²) in [5.74, 6) is 1.39. The summed E-state index contributed by atoms with van der Waals surface area (Å²) in [5, 5.41) is 12.8. The van der Waals surface area contributed by atoms with E-state index in [-0.39, 0.29) is 12.3 Å². The fourth-order valence-corrected chi connectivity index (χ4v) is 3.49. The Kier molecular flexibility index (Phi) is 7.65. The highest BCUT2D eigenvalue weighted by Gasteiger charge is 2.23. The van der Waals surface area contributed by atoms with Crippen molar-refractivity contribution in [3.63, 3.8) is 0 Å². The Morgan fingerprint density at radius 1 is 1.38 bits per heavy atom. The predicted octanol–water partition coefficient (Wildman–Crippen LogP) is 2.86. The minimum atomic E-state index is -0.412. The van der Waals surface area contributed by atoms with Crippen molar-refractivity contribution < 1.29 is 14.5 Å². The zero-order valence-corrected chi connectivity index (χ0v) is 14.8. The fraction of sp³-hybridized carbons (Fsp3) is 0.824. The maximum atomic E-state index is 11.6. The highest BCUT2D eigenvalue weighted by molar-refractivity contribution is 5.75. The monoisotopic (exact) mass is 338 g/mol. The molecule has 0 bridgehead atoms. The van der Waals surface area contributed by atoms with E-state index in [1.165, 1.54) is 38.5 Å². The quantitative estimate of drug-likeness (QED) is 0.531. The second kappa shape index (κ2) is 9.74. The van der Waals surface area contributed by atoms with Crippen molar-refractivity contribution in [2.75, 3.05) is 14.1 Å². The van der Waals surface area contributed by atoms with Crippen LogP contribution in [0.2, 0.25) is 0 Å². The number of amides is 1. The van der Waals surface area contributed by atoms with Crippen LogP contribution < -0.4 is 5.48 Å². The lowest BCUT2D eigenvalue weighted by Gasteiger charge is -2.22. The van der Waals surface area contributed by atoms with Gasteiger partial charge in [0.1, 0.15) is 0 Å². The van der Waals surface area contributed by atoms with Crippen LogP contribution in [0.5, 0.6) is 0 Å². The first-order valence-corrected chi connectivity index (χ1v) is 8.98. The second-order valence-corrected chi connectivity index (χ2v) is 7.16. The van der Waals surface area contributed by atoms with E-state index in [1.807, 2.05) is 19.0 Å². The summed E-state index contributed by atoms with van der Waals surface area (Å²) in [4.78, 5) is 18.0. The first kappa shape index (κ1) is 18.9. The molecule has 0 aromatic carbocycles. The van der Waals surface area contributed by atoms with Crippen LogP contribution in [0.3, 0.4) is 0 Å². The van der Waals surface area contributed by atoms with Crippen LogP contribution in [0.4, 0.5) is 0 Å². The van der Waals surface area contributed by atoms with Crippen molar-refractivity contribution in [3.05, 3.63) is 11.7 Å². The molecule has 1 aliphatic rings. The summed E-state index contributed by atoms with van der Waals surface area (Å²) in [6.45, 7) is 0.602. The topological polar surface area (TPSA) is 91.5 Å². The molecule has 2 N–H and O–H groups in total. The predicted molar refractivity (Wildman–Crippen MR) is 89.4 cm³/mol. The average Bonchev–Trinajstić information content (AvgIpc) is 3.02. The van der Waals surface area contributed by atoms with Gasteiger partial charge in [0.05, 0.1) is 6.54 Å². The number of carbonyl (C=O) groups excluding carboxylic acids is 1. The van der Waals surface area contributed by atoms with Gasteiger partial charge in [0.2, 0.25) is 11.8 Å². The van der Waals surface area contributed by atoms with E-state index < -0.39 is 5.91 Å². The van der Waals surface area contributed by atoms with Crippen LogP contribution in [0.15, 0.2) is 4.52 Å². The van der Waals surface area contributed by atoms with Gasteiger partial charge < -0.3 is 9.42 Å². The molecule has 1 saturated carbocycles. The molecule has 7 heteroatoms. The number of hydroxylamine groups is 1. The second-order valence-electron chi connectivity index (χ2n) is 7.16. The molecule has 7 nitrogen and oxygen atoms in total. The lowest BCUT2D eigenvalue weighted by molar-refractivity contribution is -0.129. The van der Waals surface area contributed by atoms with Crippen LogP contribution in [-0.2, 0) is 11.3 Å². The molecule has 1 heterocycles. The Morgan fingerprint density at radius 3 is 2.79 bits per heavy atom. The molecule has 1 aromatic heterocycles. The first-order valence-electron chi connectivity index (χ1n) is 8.98. The van der Waals surface area contributed by atoms with Crippen LogP contribution in [-0.4, -0.2) is 40.3 Å². The molecule has 2 rings (SSSR count). The van der Waals surface area contributed by atoms with Crippen LogP contribution in [0, 0.1) is 5.92 Å². The van der Waals surface area contributed by atoms with Crippen molar-refractivity contribution >= 4 is 5.91 Å². The molecule has 1 aliphatic carbocycles. The van der Waals surface area contributed by atoms with Gasteiger partial charge in [-0.25, -0.2) is 5.48 Å². The van der Waals surface area contributed by atoms with E-state index in [0.717, 1.165) is 18.8 Å². The third-order valence-corrected chi connectivity index (χ3v) is 4.74. The zero-order chi connectivity index (χ0) is 17.4. The van der Waals surface area contributed by atoms with Gasteiger partial charge in [0.15, 0.2) is 5.82 Å². The molecular formula is C17H30N4O3. The van der Waals surface area contributed by atoms with E-state index in [9.17, 15) is 4.79 Å². The normalized spacial score (nSPS) is 17.2. The number of rotatable bonds is 9. The Bertz CT molecular complexity index is 498. The molecule has 1 atom stereocenters. The lowest BCUT2D eigenvalue weighted by atomic mass is 9.84. The molecular weight excluding hydrogens is 308 g/mol. The SMILES string of the molecule is CN(C)Cc1noc([C@@H](CCCC2CCCCC2)CC(=O)NO)n1. The number of nitrogens with one attached hydrogen (secondary N) is 1. The molecule has 1 amide bonds. The highest BCUT2D eigenvalue weighted by atomic mass is 16.5. The fourth-order valence-electron chi connectivity index (χ4n) is 3.49. The maximum absolute atomic E-state index is 11.6. The van der Waals surface area contributed by atoms with E-state index in [0.29, 0.717) is 18.3 Å². The van der Waals surface area contributed by atoms with Gasteiger partial charge in [-0.3, -0.25) is 10.0 Å². The Morgan fingerprint density at radius 2 is 2.12 bits per heavy atom. The first-order chi connectivity index (χ1) is 11.6. The molecule has 0 aliphatic heterocycles. The number of aromatic nitrogens is 2. The number of nitrogens with zero attached hydrogens (tertiary/aromatic N) is 3. The number of hydrogen-bond donors (Lipinski definition) is 2. The number of carbonyl (C=O) groups is 1. The minimum Gasteiger partial charge on any atom is -0.339 e. The highest BCUT2D eigenvalue weighted by Crippen LogP contribution is 2.31. The molecule has 1 fully saturated rings. The van der Waals surface area contributed by atoms with Gasteiger partial charge >= 0.3 is 0 Å².